The third-order valence-electron chi connectivity index (χ3n) is 2.72. The van der Waals surface area contributed by atoms with Crippen LogP contribution in [0.2, 0.25) is 0 Å². The number of halogens is 1. The highest BCUT2D eigenvalue weighted by Crippen LogP contribution is 2.17. The molecule has 0 bridgehead atoms. The lowest BCUT2D eigenvalue weighted by Gasteiger charge is -2.22. The highest BCUT2D eigenvalue weighted by atomic mass is 79.9. The Balaban J connectivity index is 1.88. The van der Waals surface area contributed by atoms with Crippen molar-refractivity contribution in [3.63, 3.8) is 0 Å². The molecule has 1 aliphatic rings. The Morgan fingerprint density at radius 2 is 2.50 bits per heavy atom. The maximum atomic E-state index is 11.9. The number of nitrogens with zero attached hydrogens (tertiary/aromatic N) is 1. The molecule has 0 radical (unpaired) electrons. The van der Waals surface area contributed by atoms with Gasteiger partial charge in [-0.3, -0.25) is 4.79 Å². The predicted octanol–water partition coefficient (Wildman–Crippen LogP) is 2.19. The van der Waals surface area contributed by atoms with Crippen molar-refractivity contribution in [2.24, 2.45) is 0 Å². The standard InChI is InChI=1S/C12H16BrN3OS/c1-8-10(13)2-3-11(15-8)16-12(17)6-9-7-18-5-4-14-9/h2-3,9,14H,4-7H2,1H3,(H,15,16,17). The molecule has 0 spiro atoms. The zero-order chi connectivity index (χ0) is 13.0. The molecule has 4 nitrogen and oxygen atoms in total. The summed E-state index contributed by atoms with van der Waals surface area (Å²) in [5.41, 5.74) is 0.874. The van der Waals surface area contributed by atoms with Crippen LogP contribution in [-0.2, 0) is 4.79 Å². The Morgan fingerprint density at radius 3 is 3.17 bits per heavy atom. The molecule has 1 atom stereocenters. The summed E-state index contributed by atoms with van der Waals surface area (Å²) < 4.78 is 0.950. The van der Waals surface area contributed by atoms with Crippen molar-refractivity contribution in [3.05, 3.63) is 22.3 Å². The van der Waals surface area contributed by atoms with Crippen LogP contribution in [0.5, 0.6) is 0 Å². The Kier molecular flexibility index (Phi) is 5.03. The van der Waals surface area contributed by atoms with Gasteiger partial charge >= 0.3 is 0 Å². The molecule has 1 aromatic heterocycles. The van der Waals surface area contributed by atoms with Crippen LogP contribution in [-0.4, -0.2) is 35.0 Å². The molecule has 98 valence electrons. The minimum absolute atomic E-state index is 0.0178. The lowest BCUT2D eigenvalue weighted by molar-refractivity contribution is -0.116. The van der Waals surface area contributed by atoms with Crippen molar-refractivity contribution in [1.29, 1.82) is 0 Å². The first kappa shape index (κ1) is 13.8. The third-order valence-corrected chi connectivity index (χ3v) is 4.69. The second-order valence-corrected chi connectivity index (χ2v) is 6.25. The number of hydrogen-bond acceptors (Lipinski definition) is 4. The average molecular weight is 330 g/mol. The number of carbonyl (C=O) groups excluding carboxylic acids is 1. The lowest BCUT2D eigenvalue weighted by atomic mass is 10.2. The van der Waals surface area contributed by atoms with Crippen molar-refractivity contribution >= 4 is 39.4 Å². The SMILES string of the molecule is Cc1nc(NC(=O)CC2CSCCN2)ccc1Br. The van der Waals surface area contributed by atoms with E-state index in [1.54, 1.807) is 6.07 Å². The second kappa shape index (κ2) is 6.54. The summed E-state index contributed by atoms with van der Waals surface area (Å²) in [6.07, 6.45) is 0.504. The van der Waals surface area contributed by atoms with E-state index in [2.05, 4.69) is 31.5 Å². The van der Waals surface area contributed by atoms with E-state index in [1.807, 2.05) is 24.8 Å². The largest absolute Gasteiger partial charge is 0.312 e. The first-order chi connectivity index (χ1) is 8.65. The van der Waals surface area contributed by atoms with Gasteiger partial charge in [-0.25, -0.2) is 4.98 Å². The molecule has 6 heteroatoms. The van der Waals surface area contributed by atoms with E-state index in [0.717, 1.165) is 28.2 Å². The van der Waals surface area contributed by atoms with Crippen LogP contribution < -0.4 is 10.6 Å². The monoisotopic (exact) mass is 329 g/mol. The summed E-state index contributed by atoms with van der Waals surface area (Å²) in [5, 5.41) is 6.18. The van der Waals surface area contributed by atoms with Crippen LogP contribution in [0.4, 0.5) is 5.82 Å². The molecule has 0 saturated carbocycles. The van der Waals surface area contributed by atoms with Gasteiger partial charge in [0.15, 0.2) is 0 Å². The van der Waals surface area contributed by atoms with E-state index < -0.39 is 0 Å². The number of amides is 1. The summed E-state index contributed by atoms with van der Waals surface area (Å²) in [4.78, 5) is 16.2. The normalized spacial score (nSPS) is 19.6. The highest BCUT2D eigenvalue weighted by Gasteiger charge is 2.16. The van der Waals surface area contributed by atoms with E-state index in [-0.39, 0.29) is 11.9 Å². The summed E-state index contributed by atoms with van der Waals surface area (Å²) in [7, 11) is 0. The Bertz CT molecular complexity index is 435. The van der Waals surface area contributed by atoms with Crippen molar-refractivity contribution in [2.75, 3.05) is 23.4 Å². The molecule has 1 amide bonds. The van der Waals surface area contributed by atoms with Gasteiger partial charge in [0.1, 0.15) is 5.82 Å². The first-order valence-corrected chi connectivity index (χ1v) is 7.84. The molecular formula is C12H16BrN3OS. The highest BCUT2D eigenvalue weighted by molar-refractivity contribution is 9.10. The van der Waals surface area contributed by atoms with E-state index in [4.69, 9.17) is 0 Å². The van der Waals surface area contributed by atoms with Crippen LogP contribution in [0, 0.1) is 6.92 Å². The number of aromatic nitrogens is 1. The fourth-order valence-corrected chi connectivity index (χ4v) is 2.95. The number of aryl methyl sites for hydroxylation is 1. The van der Waals surface area contributed by atoms with Gasteiger partial charge in [-0.2, -0.15) is 11.8 Å². The van der Waals surface area contributed by atoms with Crippen LogP contribution in [0.3, 0.4) is 0 Å². The number of nitrogens with one attached hydrogen (secondary N) is 2. The van der Waals surface area contributed by atoms with Crippen LogP contribution >= 0.6 is 27.7 Å². The summed E-state index contributed by atoms with van der Waals surface area (Å²) in [6.45, 7) is 2.89. The fraction of sp³-hybridized carbons (Fsp3) is 0.500. The zero-order valence-corrected chi connectivity index (χ0v) is 12.6. The minimum Gasteiger partial charge on any atom is -0.312 e. The molecule has 18 heavy (non-hydrogen) atoms. The Morgan fingerprint density at radius 1 is 1.67 bits per heavy atom. The van der Waals surface area contributed by atoms with Gasteiger partial charge in [0, 0.05) is 35.0 Å². The lowest BCUT2D eigenvalue weighted by Crippen LogP contribution is -2.39. The number of thioether (sulfide) groups is 1. The van der Waals surface area contributed by atoms with Crippen LogP contribution in [0.15, 0.2) is 16.6 Å². The maximum Gasteiger partial charge on any atom is 0.227 e. The van der Waals surface area contributed by atoms with Crippen molar-refractivity contribution in [2.45, 2.75) is 19.4 Å². The second-order valence-electron chi connectivity index (χ2n) is 4.24. The Hall–Kier alpha value is -0.590. The van der Waals surface area contributed by atoms with Crippen LogP contribution in [0.25, 0.3) is 0 Å². The summed E-state index contributed by atoms with van der Waals surface area (Å²) in [6, 6.07) is 3.98. The number of anilines is 1. The number of hydrogen-bond donors (Lipinski definition) is 2. The van der Waals surface area contributed by atoms with Gasteiger partial charge in [-0.15, -0.1) is 0 Å². The molecule has 0 aliphatic carbocycles. The van der Waals surface area contributed by atoms with Crippen molar-refractivity contribution in [1.82, 2.24) is 10.3 Å². The number of carbonyl (C=O) groups is 1. The molecule has 1 aromatic rings. The van der Waals surface area contributed by atoms with E-state index in [9.17, 15) is 4.79 Å². The van der Waals surface area contributed by atoms with E-state index in [1.165, 1.54) is 0 Å². The minimum atomic E-state index is 0.0178. The van der Waals surface area contributed by atoms with Gasteiger partial charge in [-0.05, 0) is 35.0 Å². The summed E-state index contributed by atoms with van der Waals surface area (Å²) >= 11 is 5.28. The molecule has 1 fully saturated rings. The maximum absolute atomic E-state index is 11.9. The molecule has 1 aliphatic heterocycles. The quantitative estimate of drug-likeness (QED) is 0.892. The van der Waals surface area contributed by atoms with Gasteiger partial charge in [0.05, 0.1) is 5.69 Å². The number of rotatable bonds is 3. The van der Waals surface area contributed by atoms with Crippen molar-refractivity contribution < 1.29 is 4.79 Å². The van der Waals surface area contributed by atoms with Gasteiger partial charge in [-0.1, -0.05) is 0 Å². The smallest absolute Gasteiger partial charge is 0.227 e. The molecule has 1 saturated heterocycles. The molecule has 2 rings (SSSR count). The average Bonchev–Trinajstić information content (AvgIpc) is 2.35. The molecule has 2 heterocycles. The molecule has 2 N–H and O–H groups in total. The fourth-order valence-electron chi connectivity index (χ4n) is 1.78. The van der Waals surface area contributed by atoms with Crippen LogP contribution in [0.1, 0.15) is 12.1 Å². The summed E-state index contributed by atoms with van der Waals surface area (Å²) in [5.74, 6) is 2.76. The van der Waals surface area contributed by atoms with Gasteiger partial charge < -0.3 is 10.6 Å². The first-order valence-electron chi connectivity index (χ1n) is 5.89. The van der Waals surface area contributed by atoms with Crippen molar-refractivity contribution in [3.8, 4) is 0 Å². The Labute approximate surface area is 119 Å². The van der Waals surface area contributed by atoms with Gasteiger partial charge in [0.2, 0.25) is 5.91 Å². The number of pyridine rings is 1. The molecule has 0 aromatic carbocycles. The molecular weight excluding hydrogens is 314 g/mol. The third kappa shape index (κ3) is 3.96. The topological polar surface area (TPSA) is 54.0 Å². The predicted molar refractivity (Wildman–Crippen MR) is 79.0 cm³/mol. The van der Waals surface area contributed by atoms with E-state index in [0.29, 0.717) is 12.2 Å². The zero-order valence-electron chi connectivity index (χ0n) is 10.2. The van der Waals surface area contributed by atoms with Gasteiger partial charge in [0.25, 0.3) is 0 Å². The molecule has 1 unspecified atom stereocenters. The van der Waals surface area contributed by atoms with E-state index >= 15 is 0 Å².